The molecule has 3 rings (SSSR count). The van der Waals surface area contributed by atoms with Crippen LogP contribution < -0.4 is 10.6 Å². The van der Waals surface area contributed by atoms with Gasteiger partial charge in [-0.05, 0) is 25.0 Å². The number of fused-ring (bicyclic) bond motifs is 1. The fraction of sp³-hybridized carbons (Fsp3) is 0.467. The van der Waals surface area contributed by atoms with E-state index in [4.69, 9.17) is 0 Å². The van der Waals surface area contributed by atoms with Crippen molar-refractivity contribution in [1.82, 2.24) is 14.3 Å². The van der Waals surface area contributed by atoms with Gasteiger partial charge in [-0.15, -0.1) is 0 Å². The van der Waals surface area contributed by atoms with Gasteiger partial charge in [0.05, 0.1) is 6.20 Å². The molecule has 1 aliphatic heterocycles. The van der Waals surface area contributed by atoms with Crippen LogP contribution in [0.25, 0.3) is 0 Å². The van der Waals surface area contributed by atoms with E-state index in [9.17, 15) is 4.79 Å². The molecule has 21 heavy (non-hydrogen) atoms. The van der Waals surface area contributed by atoms with Gasteiger partial charge in [0.2, 0.25) is 5.91 Å². The molecule has 1 amide bonds. The predicted molar refractivity (Wildman–Crippen MR) is 82.3 cm³/mol. The Kier molecular flexibility index (Phi) is 3.94. The summed E-state index contributed by atoms with van der Waals surface area (Å²) < 4.78 is 3.87. The lowest BCUT2D eigenvalue weighted by Crippen LogP contribution is -2.26. The Hall–Kier alpha value is -2.24. The second kappa shape index (κ2) is 6.03. The zero-order valence-corrected chi connectivity index (χ0v) is 12.2. The second-order valence-electron chi connectivity index (χ2n) is 5.33. The molecule has 1 atom stereocenters. The molecule has 0 aromatic carbocycles. The SMILES string of the molecule is CCCC(C(=O)Nc1cnn2c1NCCC2)n1cccc1. The van der Waals surface area contributed by atoms with Crippen LogP contribution in [-0.4, -0.2) is 26.8 Å². The minimum absolute atomic E-state index is 0.0104. The normalized spacial score (nSPS) is 15.1. The van der Waals surface area contributed by atoms with Crippen molar-refractivity contribution in [1.29, 1.82) is 0 Å². The number of nitrogens with one attached hydrogen (secondary N) is 2. The van der Waals surface area contributed by atoms with Crippen molar-refractivity contribution in [3.8, 4) is 0 Å². The lowest BCUT2D eigenvalue weighted by atomic mass is 10.1. The Morgan fingerprint density at radius 1 is 1.48 bits per heavy atom. The van der Waals surface area contributed by atoms with Gasteiger partial charge >= 0.3 is 0 Å². The van der Waals surface area contributed by atoms with E-state index in [1.807, 2.05) is 33.8 Å². The van der Waals surface area contributed by atoms with Gasteiger partial charge in [0.15, 0.2) is 0 Å². The van der Waals surface area contributed by atoms with E-state index in [1.54, 1.807) is 6.20 Å². The zero-order valence-electron chi connectivity index (χ0n) is 12.2. The second-order valence-corrected chi connectivity index (χ2v) is 5.33. The number of nitrogens with zero attached hydrogens (tertiary/aromatic N) is 3. The van der Waals surface area contributed by atoms with E-state index in [0.717, 1.165) is 43.9 Å². The van der Waals surface area contributed by atoms with Gasteiger partial charge in [-0.3, -0.25) is 4.79 Å². The van der Waals surface area contributed by atoms with E-state index in [-0.39, 0.29) is 11.9 Å². The minimum Gasteiger partial charge on any atom is -0.368 e. The van der Waals surface area contributed by atoms with Crippen LogP contribution >= 0.6 is 0 Å². The molecule has 0 aliphatic carbocycles. The first-order chi connectivity index (χ1) is 10.3. The van der Waals surface area contributed by atoms with Gasteiger partial charge in [0.1, 0.15) is 17.5 Å². The average Bonchev–Trinajstić information content (AvgIpc) is 3.15. The maximum absolute atomic E-state index is 12.6. The quantitative estimate of drug-likeness (QED) is 0.888. The van der Waals surface area contributed by atoms with Gasteiger partial charge in [0.25, 0.3) is 0 Å². The molecule has 0 spiro atoms. The Morgan fingerprint density at radius 3 is 3.05 bits per heavy atom. The molecule has 112 valence electrons. The summed E-state index contributed by atoms with van der Waals surface area (Å²) in [5.41, 5.74) is 0.771. The third kappa shape index (κ3) is 2.79. The third-order valence-corrected chi connectivity index (χ3v) is 3.79. The monoisotopic (exact) mass is 287 g/mol. The van der Waals surface area contributed by atoms with Crippen molar-refractivity contribution >= 4 is 17.4 Å². The summed E-state index contributed by atoms with van der Waals surface area (Å²) in [4.78, 5) is 12.6. The zero-order chi connectivity index (χ0) is 14.7. The van der Waals surface area contributed by atoms with Gasteiger partial charge in [-0.25, -0.2) is 4.68 Å². The molecule has 6 heteroatoms. The van der Waals surface area contributed by atoms with Crippen LogP contribution in [0.15, 0.2) is 30.7 Å². The number of carbonyl (C=O) groups is 1. The number of amides is 1. The van der Waals surface area contributed by atoms with Crippen LogP contribution in [0.5, 0.6) is 0 Å². The predicted octanol–water partition coefficient (Wildman–Crippen LogP) is 2.48. The van der Waals surface area contributed by atoms with Crippen LogP contribution in [0, 0.1) is 0 Å². The van der Waals surface area contributed by atoms with Gasteiger partial charge < -0.3 is 15.2 Å². The molecule has 1 unspecified atom stereocenters. The van der Waals surface area contributed by atoms with E-state index in [0.29, 0.717) is 0 Å². The molecule has 2 aromatic rings. The highest BCUT2D eigenvalue weighted by Gasteiger charge is 2.22. The summed E-state index contributed by atoms with van der Waals surface area (Å²) in [6.45, 7) is 3.91. The smallest absolute Gasteiger partial charge is 0.247 e. The van der Waals surface area contributed by atoms with Crippen molar-refractivity contribution in [2.75, 3.05) is 17.2 Å². The average molecular weight is 287 g/mol. The van der Waals surface area contributed by atoms with Crippen LogP contribution in [0.1, 0.15) is 32.2 Å². The molecule has 0 fully saturated rings. The standard InChI is InChI=1S/C15H21N5O/c1-2-6-13(19-8-3-4-9-19)15(21)18-12-11-17-20-10-5-7-16-14(12)20/h3-4,8-9,11,13,16H,2,5-7,10H2,1H3,(H,18,21). The van der Waals surface area contributed by atoms with Gasteiger partial charge in [-0.2, -0.15) is 5.10 Å². The van der Waals surface area contributed by atoms with Crippen LogP contribution in [0.3, 0.4) is 0 Å². The number of hydrogen-bond donors (Lipinski definition) is 2. The maximum atomic E-state index is 12.6. The molecule has 1 aliphatic rings. The molecule has 0 saturated heterocycles. The first-order valence-electron chi connectivity index (χ1n) is 7.52. The van der Waals surface area contributed by atoms with Crippen molar-refractivity contribution in [3.63, 3.8) is 0 Å². The molecule has 3 heterocycles. The lowest BCUT2D eigenvalue weighted by Gasteiger charge is -2.20. The van der Waals surface area contributed by atoms with Crippen molar-refractivity contribution in [2.24, 2.45) is 0 Å². The van der Waals surface area contributed by atoms with E-state index < -0.39 is 0 Å². The van der Waals surface area contributed by atoms with Crippen molar-refractivity contribution < 1.29 is 4.79 Å². The number of carbonyl (C=O) groups excluding carboxylic acids is 1. The molecular weight excluding hydrogens is 266 g/mol. The van der Waals surface area contributed by atoms with E-state index in [2.05, 4.69) is 22.7 Å². The molecule has 2 N–H and O–H groups in total. The first kappa shape index (κ1) is 13.7. The molecule has 0 saturated carbocycles. The minimum atomic E-state index is -0.177. The number of aryl methyl sites for hydroxylation is 1. The van der Waals surface area contributed by atoms with Gasteiger partial charge in [-0.1, -0.05) is 13.3 Å². The highest BCUT2D eigenvalue weighted by atomic mass is 16.2. The number of aromatic nitrogens is 3. The summed E-state index contributed by atoms with van der Waals surface area (Å²) in [5, 5.41) is 10.6. The topological polar surface area (TPSA) is 63.9 Å². The van der Waals surface area contributed by atoms with Crippen LogP contribution in [0.4, 0.5) is 11.5 Å². The van der Waals surface area contributed by atoms with Gasteiger partial charge in [0, 0.05) is 25.5 Å². The molecule has 2 aromatic heterocycles. The summed E-state index contributed by atoms with van der Waals surface area (Å²) in [6.07, 6.45) is 8.43. The fourth-order valence-electron chi connectivity index (χ4n) is 2.73. The number of anilines is 2. The summed E-state index contributed by atoms with van der Waals surface area (Å²) >= 11 is 0. The number of rotatable bonds is 5. The van der Waals surface area contributed by atoms with E-state index >= 15 is 0 Å². The third-order valence-electron chi connectivity index (χ3n) is 3.79. The lowest BCUT2D eigenvalue weighted by molar-refractivity contribution is -0.119. The first-order valence-corrected chi connectivity index (χ1v) is 7.52. The molecular formula is C15H21N5O. The van der Waals surface area contributed by atoms with Crippen molar-refractivity contribution in [2.45, 2.75) is 38.8 Å². The summed E-state index contributed by atoms with van der Waals surface area (Å²) in [7, 11) is 0. The maximum Gasteiger partial charge on any atom is 0.247 e. The highest BCUT2D eigenvalue weighted by Crippen LogP contribution is 2.26. The largest absolute Gasteiger partial charge is 0.368 e. The summed E-state index contributed by atoms with van der Waals surface area (Å²) in [5.74, 6) is 0.925. The highest BCUT2D eigenvalue weighted by molar-refractivity contribution is 5.96. The Morgan fingerprint density at radius 2 is 2.29 bits per heavy atom. The Balaban J connectivity index is 1.77. The molecule has 0 bridgehead atoms. The Labute approximate surface area is 124 Å². The van der Waals surface area contributed by atoms with Crippen molar-refractivity contribution in [3.05, 3.63) is 30.7 Å². The molecule has 0 radical (unpaired) electrons. The van der Waals surface area contributed by atoms with Crippen LogP contribution in [0.2, 0.25) is 0 Å². The Bertz CT molecular complexity index is 602. The van der Waals surface area contributed by atoms with Crippen LogP contribution in [-0.2, 0) is 11.3 Å². The molecule has 6 nitrogen and oxygen atoms in total. The number of hydrogen-bond acceptors (Lipinski definition) is 3. The van der Waals surface area contributed by atoms with E-state index in [1.165, 1.54) is 0 Å². The fourth-order valence-corrected chi connectivity index (χ4v) is 2.73. The summed E-state index contributed by atoms with van der Waals surface area (Å²) in [6, 6.07) is 3.71.